The molecule has 0 fully saturated rings. The van der Waals surface area contributed by atoms with Crippen LogP contribution in [0.4, 0.5) is 0 Å². The number of aromatic nitrogens is 2. The topological polar surface area (TPSA) is 79.7 Å². The number of fused-ring (bicyclic) bond motifs is 1. The number of rotatable bonds is 6. The zero-order valence-electron chi connectivity index (χ0n) is 15.4. The second-order valence-corrected chi connectivity index (χ2v) is 5.87. The molecule has 27 heavy (non-hydrogen) atoms. The van der Waals surface area contributed by atoms with Gasteiger partial charge in [0.15, 0.2) is 6.61 Å². The summed E-state index contributed by atoms with van der Waals surface area (Å²) in [7, 11) is 3.24. The molecule has 0 amide bonds. The standard InChI is InChI=1S/C20H20N2O5/c1-4-26-19(23)12-27-15-8-13(7-14(9-15)25-3)18-11-22(2)20(24)17-10-21-6-5-16(17)18/h5-11H,4,12H2,1-3H3. The largest absolute Gasteiger partial charge is 0.497 e. The Morgan fingerprint density at radius 3 is 2.70 bits per heavy atom. The molecule has 3 rings (SSSR count). The molecule has 0 aliphatic heterocycles. The molecule has 0 saturated carbocycles. The number of ether oxygens (including phenoxy) is 3. The molecule has 1 aromatic carbocycles. The van der Waals surface area contributed by atoms with Crippen LogP contribution in [0.3, 0.4) is 0 Å². The lowest BCUT2D eigenvalue weighted by atomic mass is 10.0. The fourth-order valence-corrected chi connectivity index (χ4v) is 2.81. The zero-order chi connectivity index (χ0) is 19.4. The lowest BCUT2D eigenvalue weighted by molar-refractivity contribution is -0.145. The van der Waals surface area contributed by atoms with Gasteiger partial charge < -0.3 is 18.8 Å². The van der Waals surface area contributed by atoms with Gasteiger partial charge in [0.05, 0.1) is 19.1 Å². The van der Waals surface area contributed by atoms with Gasteiger partial charge in [0.2, 0.25) is 0 Å². The van der Waals surface area contributed by atoms with Crippen molar-refractivity contribution >= 4 is 16.7 Å². The number of nitrogens with zero attached hydrogens (tertiary/aromatic N) is 2. The van der Waals surface area contributed by atoms with Crippen LogP contribution in [0.2, 0.25) is 0 Å². The third-order valence-electron chi connectivity index (χ3n) is 4.07. The SMILES string of the molecule is CCOC(=O)COc1cc(OC)cc(-c2cn(C)c(=O)c3cnccc23)c1. The van der Waals surface area contributed by atoms with Crippen molar-refractivity contribution < 1.29 is 19.0 Å². The lowest BCUT2D eigenvalue weighted by Gasteiger charge is -2.13. The van der Waals surface area contributed by atoms with Gasteiger partial charge in [-0.1, -0.05) is 0 Å². The average molecular weight is 368 g/mol. The third kappa shape index (κ3) is 3.92. The molecule has 0 spiro atoms. The maximum atomic E-state index is 12.4. The number of methoxy groups -OCH3 is 1. The summed E-state index contributed by atoms with van der Waals surface area (Å²) in [4.78, 5) is 28.0. The smallest absolute Gasteiger partial charge is 0.344 e. The van der Waals surface area contributed by atoms with Crippen LogP contribution in [0.25, 0.3) is 21.9 Å². The first-order chi connectivity index (χ1) is 13.0. The normalized spacial score (nSPS) is 10.6. The first kappa shape index (κ1) is 18.4. The van der Waals surface area contributed by atoms with E-state index in [0.717, 1.165) is 16.5 Å². The van der Waals surface area contributed by atoms with Crippen molar-refractivity contribution in [3.63, 3.8) is 0 Å². The van der Waals surface area contributed by atoms with Crippen molar-refractivity contribution in [1.82, 2.24) is 9.55 Å². The predicted molar refractivity (Wildman–Crippen MR) is 101 cm³/mol. The van der Waals surface area contributed by atoms with E-state index in [1.807, 2.05) is 6.07 Å². The van der Waals surface area contributed by atoms with Crippen LogP contribution in [0, 0.1) is 0 Å². The number of hydrogen-bond acceptors (Lipinski definition) is 6. The summed E-state index contributed by atoms with van der Waals surface area (Å²) in [6.45, 7) is 1.84. The van der Waals surface area contributed by atoms with Crippen molar-refractivity contribution in [2.45, 2.75) is 6.92 Å². The van der Waals surface area contributed by atoms with Gasteiger partial charge in [0.1, 0.15) is 11.5 Å². The molecule has 140 valence electrons. The summed E-state index contributed by atoms with van der Waals surface area (Å²) in [6, 6.07) is 7.12. The second-order valence-electron chi connectivity index (χ2n) is 5.87. The van der Waals surface area contributed by atoms with Crippen LogP contribution in [0.15, 0.2) is 47.7 Å². The number of pyridine rings is 2. The highest BCUT2D eigenvalue weighted by molar-refractivity contribution is 5.95. The van der Waals surface area contributed by atoms with Crippen molar-refractivity contribution in [3.8, 4) is 22.6 Å². The van der Waals surface area contributed by atoms with E-state index >= 15 is 0 Å². The van der Waals surface area contributed by atoms with Crippen molar-refractivity contribution in [1.29, 1.82) is 0 Å². The van der Waals surface area contributed by atoms with Crippen LogP contribution >= 0.6 is 0 Å². The van der Waals surface area contributed by atoms with E-state index in [2.05, 4.69) is 4.98 Å². The van der Waals surface area contributed by atoms with Gasteiger partial charge in [-0.3, -0.25) is 9.78 Å². The molecular weight excluding hydrogens is 348 g/mol. The number of aryl methyl sites for hydroxylation is 1. The molecule has 0 radical (unpaired) electrons. The molecule has 0 aliphatic rings. The molecule has 0 unspecified atom stereocenters. The summed E-state index contributed by atoms with van der Waals surface area (Å²) >= 11 is 0. The van der Waals surface area contributed by atoms with Gasteiger partial charge in [-0.25, -0.2) is 4.79 Å². The maximum Gasteiger partial charge on any atom is 0.344 e. The Bertz CT molecular complexity index is 1040. The summed E-state index contributed by atoms with van der Waals surface area (Å²) in [5.74, 6) is 0.594. The number of carbonyl (C=O) groups excluding carboxylic acids is 1. The number of esters is 1. The van der Waals surface area contributed by atoms with Gasteiger partial charge in [-0.05, 0) is 36.1 Å². The molecule has 7 nitrogen and oxygen atoms in total. The minimum absolute atomic E-state index is 0.122. The van der Waals surface area contributed by atoms with Crippen LogP contribution in [0.1, 0.15) is 6.92 Å². The summed E-state index contributed by atoms with van der Waals surface area (Å²) < 4.78 is 17.3. The first-order valence-corrected chi connectivity index (χ1v) is 8.44. The minimum atomic E-state index is -0.444. The molecule has 2 heterocycles. The molecule has 0 aliphatic carbocycles. The van der Waals surface area contributed by atoms with Gasteiger partial charge in [0.25, 0.3) is 5.56 Å². The average Bonchev–Trinajstić information content (AvgIpc) is 2.69. The number of hydrogen-bond donors (Lipinski definition) is 0. The Hall–Kier alpha value is -3.35. The second kappa shape index (κ2) is 7.90. The molecule has 0 N–H and O–H groups in total. The Morgan fingerprint density at radius 2 is 1.96 bits per heavy atom. The zero-order valence-corrected chi connectivity index (χ0v) is 15.4. The highest BCUT2D eigenvalue weighted by atomic mass is 16.6. The fraction of sp³-hybridized carbons (Fsp3) is 0.250. The van der Waals surface area contributed by atoms with Crippen molar-refractivity contribution in [2.24, 2.45) is 7.05 Å². The molecule has 0 bridgehead atoms. The quantitative estimate of drug-likeness (QED) is 0.622. The third-order valence-corrected chi connectivity index (χ3v) is 4.07. The van der Waals surface area contributed by atoms with Crippen LogP contribution in [-0.2, 0) is 16.6 Å². The number of benzene rings is 1. The van der Waals surface area contributed by atoms with Gasteiger partial charge in [0, 0.05) is 37.3 Å². The molecule has 3 aromatic rings. The summed E-state index contributed by atoms with van der Waals surface area (Å²) in [5, 5.41) is 1.30. The van der Waals surface area contributed by atoms with Gasteiger partial charge in [-0.15, -0.1) is 0 Å². The van der Waals surface area contributed by atoms with E-state index in [-0.39, 0.29) is 12.2 Å². The van der Waals surface area contributed by atoms with E-state index in [0.29, 0.717) is 23.5 Å². The Labute approximate surface area is 156 Å². The molecule has 7 heteroatoms. The molecule has 2 aromatic heterocycles. The minimum Gasteiger partial charge on any atom is -0.497 e. The highest BCUT2D eigenvalue weighted by Gasteiger charge is 2.12. The van der Waals surface area contributed by atoms with Gasteiger partial charge in [-0.2, -0.15) is 0 Å². The van der Waals surface area contributed by atoms with Gasteiger partial charge >= 0.3 is 5.97 Å². The Balaban J connectivity index is 2.08. The lowest BCUT2D eigenvalue weighted by Crippen LogP contribution is -2.16. The Morgan fingerprint density at radius 1 is 1.19 bits per heavy atom. The first-order valence-electron chi connectivity index (χ1n) is 8.44. The summed E-state index contributed by atoms with van der Waals surface area (Å²) in [5.41, 5.74) is 1.50. The van der Waals surface area contributed by atoms with E-state index in [4.69, 9.17) is 14.2 Å². The fourth-order valence-electron chi connectivity index (χ4n) is 2.81. The summed E-state index contributed by atoms with van der Waals surface area (Å²) in [6.07, 6.45) is 4.96. The van der Waals surface area contributed by atoms with E-state index in [9.17, 15) is 9.59 Å². The van der Waals surface area contributed by atoms with Crippen LogP contribution in [-0.4, -0.2) is 35.8 Å². The van der Waals surface area contributed by atoms with E-state index in [1.54, 1.807) is 57.9 Å². The molecular formula is C20H20N2O5. The highest BCUT2D eigenvalue weighted by Crippen LogP contribution is 2.33. The Kier molecular flexibility index (Phi) is 5.40. The van der Waals surface area contributed by atoms with Crippen molar-refractivity contribution in [2.75, 3.05) is 20.3 Å². The van der Waals surface area contributed by atoms with E-state index < -0.39 is 5.97 Å². The van der Waals surface area contributed by atoms with Crippen molar-refractivity contribution in [3.05, 3.63) is 53.2 Å². The maximum absolute atomic E-state index is 12.4. The molecule has 0 saturated heterocycles. The monoisotopic (exact) mass is 368 g/mol. The predicted octanol–water partition coefficient (Wildman–Crippen LogP) is 2.55. The molecule has 0 atom stereocenters. The number of carbonyl (C=O) groups is 1. The van der Waals surface area contributed by atoms with E-state index in [1.165, 1.54) is 4.57 Å². The van der Waals surface area contributed by atoms with Crippen LogP contribution in [0.5, 0.6) is 11.5 Å². The van der Waals surface area contributed by atoms with Crippen LogP contribution < -0.4 is 15.0 Å².